The second-order valence-electron chi connectivity index (χ2n) is 3.31. The minimum absolute atomic E-state index is 0.387. The van der Waals surface area contributed by atoms with Crippen LogP contribution in [0.3, 0.4) is 0 Å². The lowest BCUT2D eigenvalue weighted by Crippen LogP contribution is -2.38. The second kappa shape index (κ2) is 3.56. The lowest BCUT2D eigenvalue weighted by molar-refractivity contribution is 0.373. The Kier molecular flexibility index (Phi) is 2.44. The van der Waals surface area contributed by atoms with Gasteiger partial charge < -0.3 is 11.1 Å². The van der Waals surface area contributed by atoms with Crippen LogP contribution >= 0.6 is 11.3 Å². The van der Waals surface area contributed by atoms with Gasteiger partial charge in [0.2, 0.25) is 0 Å². The Labute approximate surface area is 76.8 Å². The summed E-state index contributed by atoms with van der Waals surface area (Å²) in [6, 6.07) is 5.18. The largest absolute Gasteiger partial charge is 0.328 e. The van der Waals surface area contributed by atoms with Crippen LogP contribution in [0.15, 0.2) is 17.5 Å². The summed E-state index contributed by atoms with van der Waals surface area (Å²) in [6.45, 7) is 1.06. The van der Waals surface area contributed by atoms with Gasteiger partial charge in [-0.1, -0.05) is 6.07 Å². The van der Waals surface area contributed by atoms with Gasteiger partial charge in [0.15, 0.2) is 0 Å². The predicted molar refractivity (Wildman–Crippen MR) is 52.3 cm³/mol. The number of hydrogen-bond acceptors (Lipinski definition) is 3. The average molecular weight is 182 g/mol. The van der Waals surface area contributed by atoms with E-state index in [2.05, 4.69) is 22.8 Å². The van der Waals surface area contributed by atoms with Crippen LogP contribution in [0.2, 0.25) is 0 Å². The van der Waals surface area contributed by atoms with E-state index in [1.807, 2.05) is 11.3 Å². The normalized spacial score (nSPS) is 30.4. The summed E-state index contributed by atoms with van der Waals surface area (Å²) >= 11 is 1.81. The van der Waals surface area contributed by atoms with Gasteiger partial charge in [-0.15, -0.1) is 11.3 Å². The SMILES string of the molecule is N[C@H]1CCN[C@H](c2cccs2)C1. The standard InChI is InChI=1S/C9H14N2S/c10-7-3-4-11-8(6-7)9-2-1-5-12-9/h1-2,5,7-8,11H,3-4,6,10H2/t7-,8-/m0/s1. The minimum Gasteiger partial charge on any atom is -0.328 e. The molecule has 1 aromatic heterocycles. The zero-order valence-corrected chi connectivity index (χ0v) is 7.81. The van der Waals surface area contributed by atoms with Crippen molar-refractivity contribution in [1.29, 1.82) is 0 Å². The molecule has 2 heterocycles. The molecule has 3 heteroatoms. The predicted octanol–water partition coefficient (Wildman–Crippen LogP) is 1.50. The van der Waals surface area contributed by atoms with Crippen molar-refractivity contribution < 1.29 is 0 Å². The zero-order chi connectivity index (χ0) is 8.39. The van der Waals surface area contributed by atoms with Crippen molar-refractivity contribution in [2.24, 2.45) is 5.73 Å². The molecular formula is C9H14N2S. The third-order valence-corrected chi connectivity index (χ3v) is 3.32. The van der Waals surface area contributed by atoms with Crippen molar-refractivity contribution in [3.8, 4) is 0 Å². The summed E-state index contributed by atoms with van der Waals surface area (Å²) < 4.78 is 0. The smallest absolute Gasteiger partial charge is 0.0429 e. The molecule has 0 saturated carbocycles. The van der Waals surface area contributed by atoms with Crippen molar-refractivity contribution in [1.82, 2.24) is 5.32 Å². The number of nitrogens with two attached hydrogens (primary N) is 1. The van der Waals surface area contributed by atoms with Crippen molar-refractivity contribution in [2.45, 2.75) is 24.9 Å². The number of hydrogen-bond donors (Lipinski definition) is 2. The van der Waals surface area contributed by atoms with Gasteiger partial charge in [-0.25, -0.2) is 0 Å². The zero-order valence-electron chi connectivity index (χ0n) is 6.99. The van der Waals surface area contributed by atoms with Crippen LogP contribution in [0.4, 0.5) is 0 Å². The molecule has 0 spiro atoms. The van der Waals surface area contributed by atoms with Crippen LogP contribution < -0.4 is 11.1 Å². The summed E-state index contributed by atoms with van der Waals surface area (Å²) in [5.41, 5.74) is 5.90. The number of rotatable bonds is 1. The van der Waals surface area contributed by atoms with Gasteiger partial charge in [-0.05, 0) is 30.8 Å². The van der Waals surface area contributed by atoms with Gasteiger partial charge >= 0.3 is 0 Å². The van der Waals surface area contributed by atoms with E-state index < -0.39 is 0 Å². The third kappa shape index (κ3) is 1.68. The Balaban J connectivity index is 2.04. The molecule has 66 valence electrons. The topological polar surface area (TPSA) is 38.0 Å². The Morgan fingerprint density at radius 1 is 1.58 bits per heavy atom. The van der Waals surface area contributed by atoms with Crippen molar-refractivity contribution >= 4 is 11.3 Å². The average Bonchev–Trinajstić information content (AvgIpc) is 2.56. The van der Waals surface area contributed by atoms with Crippen molar-refractivity contribution in [3.63, 3.8) is 0 Å². The molecule has 0 aromatic carbocycles. The van der Waals surface area contributed by atoms with Gasteiger partial charge in [0.1, 0.15) is 0 Å². The molecular weight excluding hydrogens is 168 g/mol. The molecule has 1 fully saturated rings. The van der Waals surface area contributed by atoms with E-state index in [4.69, 9.17) is 5.73 Å². The Bertz CT molecular complexity index is 233. The second-order valence-corrected chi connectivity index (χ2v) is 4.29. The molecule has 0 radical (unpaired) electrons. The molecule has 2 atom stereocenters. The van der Waals surface area contributed by atoms with Crippen LogP contribution in [0.5, 0.6) is 0 Å². The number of piperidine rings is 1. The summed E-state index contributed by atoms with van der Waals surface area (Å²) in [6.07, 6.45) is 2.20. The maximum atomic E-state index is 5.90. The first-order valence-electron chi connectivity index (χ1n) is 4.38. The summed E-state index contributed by atoms with van der Waals surface area (Å²) in [5.74, 6) is 0. The van der Waals surface area contributed by atoms with Gasteiger partial charge in [-0.3, -0.25) is 0 Å². The van der Waals surface area contributed by atoms with E-state index in [0.29, 0.717) is 12.1 Å². The van der Waals surface area contributed by atoms with E-state index in [9.17, 15) is 0 Å². The van der Waals surface area contributed by atoms with Crippen LogP contribution in [0, 0.1) is 0 Å². The number of nitrogens with one attached hydrogen (secondary N) is 1. The highest BCUT2D eigenvalue weighted by Crippen LogP contribution is 2.25. The lowest BCUT2D eigenvalue weighted by atomic mass is 9.99. The fourth-order valence-electron chi connectivity index (χ4n) is 1.65. The molecule has 0 bridgehead atoms. The first-order valence-corrected chi connectivity index (χ1v) is 5.26. The molecule has 3 N–H and O–H groups in total. The van der Waals surface area contributed by atoms with E-state index >= 15 is 0 Å². The van der Waals surface area contributed by atoms with Gasteiger partial charge in [0.25, 0.3) is 0 Å². The highest BCUT2D eigenvalue weighted by atomic mass is 32.1. The van der Waals surface area contributed by atoms with Gasteiger partial charge in [0.05, 0.1) is 0 Å². The van der Waals surface area contributed by atoms with Crippen LogP contribution in [-0.2, 0) is 0 Å². The quantitative estimate of drug-likeness (QED) is 0.690. The molecule has 12 heavy (non-hydrogen) atoms. The van der Waals surface area contributed by atoms with Crippen LogP contribution in [0.1, 0.15) is 23.8 Å². The molecule has 1 aliphatic rings. The fraction of sp³-hybridized carbons (Fsp3) is 0.556. The molecule has 0 unspecified atom stereocenters. The van der Waals surface area contributed by atoms with Gasteiger partial charge in [0, 0.05) is 17.0 Å². The van der Waals surface area contributed by atoms with E-state index in [-0.39, 0.29) is 0 Å². The molecule has 0 aliphatic carbocycles. The maximum Gasteiger partial charge on any atom is 0.0429 e. The fourth-order valence-corrected chi connectivity index (χ4v) is 2.47. The van der Waals surface area contributed by atoms with E-state index in [1.165, 1.54) is 4.88 Å². The highest BCUT2D eigenvalue weighted by molar-refractivity contribution is 7.10. The summed E-state index contributed by atoms with van der Waals surface area (Å²) in [4.78, 5) is 1.42. The van der Waals surface area contributed by atoms with Crippen LogP contribution in [0.25, 0.3) is 0 Å². The monoisotopic (exact) mass is 182 g/mol. The van der Waals surface area contributed by atoms with Crippen molar-refractivity contribution in [3.05, 3.63) is 22.4 Å². The van der Waals surface area contributed by atoms with Gasteiger partial charge in [-0.2, -0.15) is 0 Å². The highest BCUT2D eigenvalue weighted by Gasteiger charge is 2.20. The molecule has 1 aliphatic heterocycles. The minimum atomic E-state index is 0.387. The Hall–Kier alpha value is -0.380. The molecule has 1 saturated heterocycles. The molecule has 2 rings (SSSR count). The molecule has 2 nitrogen and oxygen atoms in total. The Morgan fingerprint density at radius 3 is 3.17 bits per heavy atom. The first-order chi connectivity index (χ1) is 5.86. The summed E-state index contributed by atoms with van der Waals surface area (Å²) in [5, 5.41) is 5.60. The lowest BCUT2D eigenvalue weighted by Gasteiger charge is -2.27. The van der Waals surface area contributed by atoms with Crippen molar-refractivity contribution in [2.75, 3.05) is 6.54 Å². The summed E-state index contributed by atoms with van der Waals surface area (Å²) in [7, 11) is 0. The maximum absolute atomic E-state index is 5.90. The molecule has 0 amide bonds. The first kappa shape index (κ1) is 8.23. The Morgan fingerprint density at radius 2 is 2.50 bits per heavy atom. The van der Waals surface area contributed by atoms with E-state index in [0.717, 1.165) is 19.4 Å². The van der Waals surface area contributed by atoms with Crippen LogP contribution in [-0.4, -0.2) is 12.6 Å². The molecule has 1 aromatic rings. The number of thiophene rings is 1. The van der Waals surface area contributed by atoms with E-state index in [1.54, 1.807) is 0 Å². The third-order valence-electron chi connectivity index (χ3n) is 2.33.